The Kier molecular flexibility index (Phi) is 7.90. The Labute approximate surface area is 221 Å². The summed E-state index contributed by atoms with van der Waals surface area (Å²) in [6, 6.07) is 11.7. The van der Waals surface area contributed by atoms with Crippen LogP contribution < -0.4 is 15.7 Å². The molecule has 8 heteroatoms. The fraction of sp³-hybridized carbons (Fsp3) is 0.367. The van der Waals surface area contributed by atoms with E-state index in [1.54, 1.807) is 39.8 Å². The van der Waals surface area contributed by atoms with E-state index in [4.69, 9.17) is 13.9 Å². The number of ether oxygens (including phenoxy) is 2. The van der Waals surface area contributed by atoms with Gasteiger partial charge in [0.2, 0.25) is 0 Å². The van der Waals surface area contributed by atoms with Gasteiger partial charge in [-0.3, -0.25) is 0 Å². The van der Waals surface area contributed by atoms with Crippen LogP contribution in [0.25, 0.3) is 21.9 Å². The molecule has 2 aromatic heterocycles. The highest BCUT2D eigenvalue weighted by atomic mass is 16.6. The van der Waals surface area contributed by atoms with Crippen molar-refractivity contribution in [1.29, 1.82) is 0 Å². The van der Waals surface area contributed by atoms with E-state index in [0.29, 0.717) is 11.1 Å². The van der Waals surface area contributed by atoms with E-state index in [1.165, 1.54) is 6.07 Å². The summed E-state index contributed by atoms with van der Waals surface area (Å²) in [4.78, 5) is 41.5. The number of aromatic nitrogens is 1. The van der Waals surface area contributed by atoms with Crippen molar-refractivity contribution in [1.82, 2.24) is 10.3 Å². The van der Waals surface area contributed by atoms with Gasteiger partial charge in [0.05, 0.1) is 0 Å². The van der Waals surface area contributed by atoms with Crippen LogP contribution in [0.2, 0.25) is 0 Å². The van der Waals surface area contributed by atoms with Crippen LogP contribution in [0, 0.1) is 6.92 Å². The Hall–Kier alpha value is -4.07. The summed E-state index contributed by atoms with van der Waals surface area (Å²) < 4.78 is 16.7. The van der Waals surface area contributed by atoms with E-state index < -0.39 is 29.3 Å². The molecule has 2 heterocycles. The molecule has 0 radical (unpaired) electrons. The first-order valence-electron chi connectivity index (χ1n) is 12.9. The summed E-state index contributed by atoms with van der Waals surface area (Å²) in [5, 5.41) is 4.43. The van der Waals surface area contributed by atoms with Crippen molar-refractivity contribution in [3.05, 3.63) is 75.8 Å². The van der Waals surface area contributed by atoms with Crippen LogP contribution in [-0.2, 0) is 22.4 Å². The number of esters is 1. The minimum Gasteiger partial charge on any atom is -0.444 e. The number of amides is 1. The van der Waals surface area contributed by atoms with Gasteiger partial charge in [-0.05, 0) is 69.9 Å². The number of benzene rings is 2. The van der Waals surface area contributed by atoms with Crippen molar-refractivity contribution in [2.24, 2.45) is 0 Å². The van der Waals surface area contributed by atoms with Crippen LogP contribution in [0.3, 0.4) is 0 Å². The van der Waals surface area contributed by atoms with E-state index in [0.717, 1.165) is 46.7 Å². The molecule has 0 aliphatic carbocycles. The van der Waals surface area contributed by atoms with E-state index in [9.17, 15) is 14.4 Å². The minimum absolute atomic E-state index is 0.185. The van der Waals surface area contributed by atoms with Gasteiger partial charge in [-0.2, -0.15) is 0 Å². The van der Waals surface area contributed by atoms with Crippen molar-refractivity contribution in [3.8, 4) is 5.75 Å². The maximum atomic E-state index is 13.4. The highest BCUT2D eigenvalue weighted by Crippen LogP contribution is 2.30. The lowest BCUT2D eigenvalue weighted by molar-refractivity contribution is -0.136. The number of nitrogens with one attached hydrogen (secondary N) is 2. The van der Waals surface area contributed by atoms with E-state index in [-0.39, 0.29) is 12.2 Å². The topological polar surface area (TPSA) is 111 Å². The molecule has 38 heavy (non-hydrogen) atoms. The van der Waals surface area contributed by atoms with Gasteiger partial charge in [0.1, 0.15) is 23.0 Å². The predicted molar refractivity (Wildman–Crippen MR) is 147 cm³/mol. The fourth-order valence-corrected chi connectivity index (χ4v) is 4.44. The largest absolute Gasteiger partial charge is 0.444 e. The van der Waals surface area contributed by atoms with E-state index in [2.05, 4.69) is 17.2 Å². The Bertz CT molecular complexity index is 1530. The number of hydrogen-bond acceptors (Lipinski definition) is 6. The van der Waals surface area contributed by atoms with Crippen molar-refractivity contribution < 1.29 is 23.5 Å². The Balaban J connectivity index is 1.64. The van der Waals surface area contributed by atoms with Gasteiger partial charge >= 0.3 is 17.7 Å². The second kappa shape index (κ2) is 11.1. The SMILES string of the molecule is CCCCc1cc(=O)oc2c(C)c(OC(=O)C(Cc3c[nH]c4ccccc34)NC(=O)OC(C)(C)C)ccc12. The molecule has 4 aromatic rings. The molecule has 0 saturated carbocycles. The van der Waals surface area contributed by atoms with Gasteiger partial charge in [0.25, 0.3) is 0 Å². The summed E-state index contributed by atoms with van der Waals surface area (Å²) in [5.74, 6) is -0.402. The van der Waals surface area contributed by atoms with Gasteiger partial charge in [0.15, 0.2) is 0 Å². The van der Waals surface area contributed by atoms with Gasteiger partial charge in [-0.25, -0.2) is 14.4 Å². The smallest absolute Gasteiger partial charge is 0.408 e. The first kappa shape index (κ1) is 27.0. The van der Waals surface area contributed by atoms with Crippen molar-refractivity contribution in [3.63, 3.8) is 0 Å². The zero-order chi connectivity index (χ0) is 27.4. The van der Waals surface area contributed by atoms with Crippen molar-refractivity contribution in [2.75, 3.05) is 0 Å². The first-order valence-corrected chi connectivity index (χ1v) is 12.9. The zero-order valence-corrected chi connectivity index (χ0v) is 22.5. The lowest BCUT2D eigenvalue weighted by Gasteiger charge is -2.23. The quantitative estimate of drug-likeness (QED) is 0.169. The number of unbranched alkanes of at least 4 members (excludes halogenated alkanes) is 1. The lowest BCUT2D eigenvalue weighted by Crippen LogP contribution is -2.46. The molecule has 4 rings (SSSR count). The third kappa shape index (κ3) is 6.25. The molecule has 0 saturated heterocycles. The first-order chi connectivity index (χ1) is 18.1. The number of alkyl carbamates (subject to hydrolysis) is 1. The number of aryl methyl sites for hydroxylation is 2. The van der Waals surface area contributed by atoms with Crippen LogP contribution in [-0.4, -0.2) is 28.7 Å². The number of carbonyl (C=O) groups excluding carboxylic acids is 2. The van der Waals surface area contributed by atoms with E-state index >= 15 is 0 Å². The Morgan fingerprint density at radius 3 is 2.58 bits per heavy atom. The van der Waals surface area contributed by atoms with Crippen LogP contribution >= 0.6 is 0 Å². The molecule has 1 amide bonds. The third-order valence-corrected chi connectivity index (χ3v) is 6.28. The van der Waals surface area contributed by atoms with Gasteiger partial charge in [-0.1, -0.05) is 31.5 Å². The average Bonchev–Trinajstić information content (AvgIpc) is 3.25. The molecular formula is C30H34N2O6. The second-order valence-corrected chi connectivity index (χ2v) is 10.4. The highest BCUT2D eigenvalue weighted by molar-refractivity contribution is 5.89. The molecule has 0 bridgehead atoms. The molecule has 0 aliphatic rings. The molecular weight excluding hydrogens is 484 g/mol. The van der Waals surface area contributed by atoms with Gasteiger partial charge < -0.3 is 24.2 Å². The molecule has 0 aliphatic heterocycles. The van der Waals surface area contributed by atoms with Crippen LogP contribution in [0.5, 0.6) is 5.75 Å². The third-order valence-electron chi connectivity index (χ3n) is 6.28. The number of rotatable bonds is 8. The summed E-state index contributed by atoms with van der Waals surface area (Å²) in [6.45, 7) is 9.09. The molecule has 1 unspecified atom stereocenters. The molecule has 200 valence electrons. The number of fused-ring (bicyclic) bond motifs is 2. The second-order valence-electron chi connectivity index (χ2n) is 10.4. The number of carbonyl (C=O) groups is 2. The summed E-state index contributed by atoms with van der Waals surface area (Å²) in [5.41, 5.74) is 2.42. The number of hydrogen-bond donors (Lipinski definition) is 2. The fourth-order valence-electron chi connectivity index (χ4n) is 4.44. The Morgan fingerprint density at radius 2 is 1.84 bits per heavy atom. The van der Waals surface area contributed by atoms with Crippen LogP contribution in [0.1, 0.15) is 57.2 Å². The summed E-state index contributed by atoms with van der Waals surface area (Å²) >= 11 is 0. The lowest BCUT2D eigenvalue weighted by atomic mass is 10.0. The summed E-state index contributed by atoms with van der Waals surface area (Å²) in [6.07, 6.45) is 3.98. The zero-order valence-electron chi connectivity index (χ0n) is 22.5. The maximum absolute atomic E-state index is 13.4. The minimum atomic E-state index is -1.03. The van der Waals surface area contributed by atoms with Gasteiger partial charge in [-0.15, -0.1) is 0 Å². The maximum Gasteiger partial charge on any atom is 0.408 e. The number of H-pyrrole nitrogens is 1. The molecule has 0 spiro atoms. The van der Waals surface area contributed by atoms with E-state index in [1.807, 2.05) is 30.5 Å². The number of para-hydroxylation sites is 1. The van der Waals surface area contributed by atoms with Gasteiger partial charge in [0, 0.05) is 40.5 Å². The van der Waals surface area contributed by atoms with Crippen molar-refractivity contribution >= 4 is 33.9 Å². The van der Waals surface area contributed by atoms with Crippen LogP contribution in [0.15, 0.2) is 57.9 Å². The summed E-state index contributed by atoms with van der Waals surface area (Å²) in [7, 11) is 0. The number of aromatic amines is 1. The molecule has 0 fully saturated rings. The monoisotopic (exact) mass is 518 g/mol. The predicted octanol–water partition coefficient (Wildman–Crippen LogP) is 5.97. The molecule has 2 N–H and O–H groups in total. The van der Waals surface area contributed by atoms with Crippen molar-refractivity contribution in [2.45, 2.75) is 71.9 Å². The van der Waals surface area contributed by atoms with Crippen LogP contribution in [0.4, 0.5) is 4.79 Å². The normalized spacial score (nSPS) is 12.4. The highest BCUT2D eigenvalue weighted by Gasteiger charge is 2.28. The Morgan fingerprint density at radius 1 is 1.08 bits per heavy atom. The molecule has 2 aromatic carbocycles. The molecule has 1 atom stereocenters. The molecule has 8 nitrogen and oxygen atoms in total. The standard InChI is InChI=1S/C30H34N2O6/c1-6-7-10-19-16-26(33)37-27-18(2)25(14-13-22(19)27)36-28(34)24(32-29(35)38-30(3,4)5)15-20-17-31-23-12-9-8-11-21(20)23/h8-9,11-14,16-17,24,31H,6-7,10,15H2,1-5H3,(H,32,35). The average molecular weight is 519 g/mol.